The van der Waals surface area contributed by atoms with Crippen molar-refractivity contribution in [2.45, 2.75) is 58.8 Å². The molecular weight excluding hydrogens is 340 g/mol. The van der Waals surface area contributed by atoms with E-state index in [1.165, 1.54) is 7.11 Å². The average molecular weight is 370 g/mol. The van der Waals surface area contributed by atoms with Gasteiger partial charge in [0.2, 0.25) is 0 Å². The second-order valence-electron chi connectivity index (χ2n) is 7.12. The summed E-state index contributed by atoms with van der Waals surface area (Å²) in [7, 11) is 1.41. The summed E-state index contributed by atoms with van der Waals surface area (Å²) in [5, 5.41) is 21.4. The van der Waals surface area contributed by atoms with Gasteiger partial charge < -0.3 is 14.9 Å². The highest BCUT2D eigenvalue weighted by molar-refractivity contribution is 5.69. The number of hydrogen-bond donors (Lipinski definition) is 2. The van der Waals surface area contributed by atoms with Crippen LogP contribution in [0.5, 0.6) is 11.5 Å². The lowest BCUT2D eigenvalue weighted by Crippen LogP contribution is -2.07. The number of benzene rings is 2. The Balaban J connectivity index is 2.29. The van der Waals surface area contributed by atoms with Crippen LogP contribution in [0.3, 0.4) is 0 Å². The van der Waals surface area contributed by atoms with Gasteiger partial charge in [0.1, 0.15) is 11.5 Å². The van der Waals surface area contributed by atoms with Crippen LogP contribution < -0.4 is 0 Å². The van der Waals surface area contributed by atoms with E-state index in [0.29, 0.717) is 6.42 Å². The highest BCUT2D eigenvalue weighted by Crippen LogP contribution is 2.44. The van der Waals surface area contributed by atoms with Gasteiger partial charge in [-0.05, 0) is 55.9 Å². The van der Waals surface area contributed by atoms with Crippen molar-refractivity contribution in [2.75, 3.05) is 7.11 Å². The molecule has 0 aliphatic carbocycles. The van der Waals surface area contributed by atoms with Gasteiger partial charge in [-0.15, -0.1) is 0 Å². The first-order valence-corrected chi connectivity index (χ1v) is 9.51. The molecule has 0 amide bonds. The van der Waals surface area contributed by atoms with E-state index >= 15 is 0 Å². The number of methoxy groups -OCH3 is 1. The molecule has 1 atom stereocenters. The Morgan fingerprint density at radius 3 is 2.19 bits per heavy atom. The molecule has 2 aromatic carbocycles. The van der Waals surface area contributed by atoms with E-state index in [2.05, 4.69) is 16.9 Å². The van der Waals surface area contributed by atoms with Crippen molar-refractivity contribution in [3.63, 3.8) is 0 Å². The van der Waals surface area contributed by atoms with Crippen LogP contribution in [0.4, 0.5) is 0 Å². The topological polar surface area (TPSA) is 66.8 Å². The summed E-state index contributed by atoms with van der Waals surface area (Å²) >= 11 is 0. The monoisotopic (exact) mass is 370 g/mol. The first-order chi connectivity index (χ1) is 12.9. The van der Waals surface area contributed by atoms with Gasteiger partial charge in [-0.2, -0.15) is 0 Å². The lowest BCUT2D eigenvalue weighted by molar-refractivity contribution is -0.140. The number of aromatic hydroxyl groups is 2. The third-order valence-corrected chi connectivity index (χ3v) is 5.44. The standard InChI is InChI=1S/C23H30O4/c1-15-16(2)23(26)21(17(3)22(15)25)19(18-11-7-5-8-12-18)13-9-6-10-14-20(24)27-4/h5,7-8,11-12,19,25-26H,6,9-10,13-14H2,1-4H3. The Bertz CT molecular complexity index is 752. The molecule has 0 saturated carbocycles. The molecular formula is C23H30O4. The maximum Gasteiger partial charge on any atom is 0.305 e. The van der Waals surface area contributed by atoms with Crippen LogP contribution in [-0.2, 0) is 9.53 Å². The molecule has 2 N–H and O–H groups in total. The number of phenolic OH excluding ortho intramolecular Hbond substituents is 2. The minimum atomic E-state index is -0.179. The fourth-order valence-electron chi connectivity index (χ4n) is 3.63. The van der Waals surface area contributed by atoms with E-state index in [0.717, 1.165) is 53.5 Å². The Kier molecular flexibility index (Phi) is 7.28. The Labute approximate surface area is 161 Å². The summed E-state index contributed by atoms with van der Waals surface area (Å²) in [4.78, 5) is 11.3. The molecule has 0 spiro atoms. The van der Waals surface area contributed by atoms with Crippen LogP contribution in [0, 0.1) is 20.8 Å². The fourth-order valence-corrected chi connectivity index (χ4v) is 3.63. The Morgan fingerprint density at radius 1 is 0.926 bits per heavy atom. The molecule has 2 rings (SSSR count). The van der Waals surface area contributed by atoms with E-state index < -0.39 is 0 Å². The third-order valence-electron chi connectivity index (χ3n) is 5.44. The zero-order valence-electron chi connectivity index (χ0n) is 16.7. The van der Waals surface area contributed by atoms with E-state index in [4.69, 9.17) is 0 Å². The van der Waals surface area contributed by atoms with Gasteiger partial charge in [0.15, 0.2) is 0 Å². The van der Waals surface area contributed by atoms with Crippen LogP contribution in [0.2, 0.25) is 0 Å². The molecule has 146 valence electrons. The first-order valence-electron chi connectivity index (χ1n) is 9.51. The number of ether oxygens (including phenoxy) is 1. The lowest BCUT2D eigenvalue weighted by atomic mass is 9.82. The summed E-state index contributed by atoms with van der Waals surface area (Å²) in [5.74, 6) is 0.342. The second kappa shape index (κ2) is 9.45. The van der Waals surface area contributed by atoms with Crippen molar-refractivity contribution in [2.24, 2.45) is 0 Å². The highest BCUT2D eigenvalue weighted by Gasteiger charge is 2.24. The molecule has 0 fully saturated rings. The van der Waals surface area contributed by atoms with Crippen LogP contribution in [-0.4, -0.2) is 23.3 Å². The minimum absolute atomic E-state index is 0.00507. The van der Waals surface area contributed by atoms with Crippen molar-refractivity contribution >= 4 is 5.97 Å². The molecule has 0 saturated heterocycles. The normalized spacial score (nSPS) is 12.0. The molecule has 0 heterocycles. The Hall–Kier alpha value is -2.49. The maximum atomic E-state index is 11.3. The van der Waals surface area contributed by atoms with Crippen molar-refractivity contribution in [3.05, 3.63) is 58.1 Å². The molecule has 27 heavy (non-hydrogen) atoms. The third kappa shape index (κ3) is 4.82. The molecule has 2 aromatic rings. The molecule has 0 aliphatic rings. The highest BCUT2D eigenvalue weighted by atomic mass is 16.5. The van der Waals surface area contributed by atoms with Gasteiger partial charge in [-0.1, -0.05) is 43.2 Å². The van der Waals surface area contributed by atoms with E-state index in [1.807, 2.05) is 39.0 Å². The summed E-state index contributed by atoms with van der Waals surface area (Å²) in [6, 6.07) is 10.1. The molecule has 0 aromatic heterocycles. The molecule has 0 radical (unpaired) electrons. The average Bonchev–Trinajstić information content (AvgIpc) is 2.69. The van der Waals surface area contributed by atoms with E-state index in [-0.39, 0.29) is 23.4 Å². The number of esters is 1. The Morgan fingerprint density at radius 2 is 1.56 bits per heavy atom. The van der Waals surface area contributed by atoms with Gasteiger partial charge in [0, 0.05) is 17.9 Å². The van der Waals surface area contributed by atoms with Gasteiger partial charge >= 0.3 is 5.97 Å². The van der Waals surface area contributed by atoms with Crippen LogP contribution in [0.25, 0.3) is 0 Å². The minimum Gasteiger partial charge on any atom is -0.507 e. The predicted molar refractivity (Wildman–Crippen MR) is 107 cm³/mol. The van der Waals surface area contributed by atoms with E-state index in [1.54, 1.807) is 0 Å². The van der Waals surface area contributed by atoms with Gasteiger partial charge in [0.25, 0.3) is 0 Å². The molecule has 0 bridgehead atoms. The number of hydrogen-bond acceptors (Lipinski definition) is 4. The predicted octanol–water partition coefficient (Wildman–Crippen LogP) is 5.28. The van der Waals surface area contributed by atoms with Gasteiger partial charge in [-0.25, -0.2) is 0 Å². The molecule has 0 aliphatic heterocycles. The zero-order chi connectivity index (χ0) is 20.0. The molecule has 1 unspecified atom stereocenters. The van der Waals surface area contributed by atoms with Crippen molar-refractivity contribution in [1.29, 1.82) is 0 Å². The second-order valence-corrected chi connectivity index (χ2v) is 7.12. The summed E-state index contributed by atoms with van der Waals surface area (Å²) in [6.07, 6.45) is 3.89. The smallest absolute Gasteiger partial charge is 0.305 e. The summed E-state index contributed by atoms with van der Waals surface area (Å²) < 4.78 is 4.69. The van der Waals surface area contributed by atoms with Crippen molar-refractivity contribution in [3.8, 4) is 11.5 Å². The summed E-state index contributed by atoms with van der Waals surface area (Å²) in [6.45, 7) is 5.53. The number of unbranched alkanes of at least 4 members (excludes halogenated alkanes) is 2. The number of carbonyl (C=O) groups excluding carboxylic acids is 1. The van der Waals surface area contributed by atoms with Crippen molar-refractivity contribution in [1.82, 2.24) is 0 Å². The van der Waals surface area contributed by atoms with Crippen LogP contribution in [0.15, 0.2) is 30.3 Å². The van der Waals surface area contributed by atoms with E-state index in [9.17, 15) is 15.0 Å². The zero-order valence-corrected chi connectivity index (χ0v) is 16.7. The quantitative estimate of drug-likeness (QED) is 0.377. The lowest BCUT2D eigenvalue weighted by Gasteiger charge is -2.24. The maximum absolute atomic E-state index is 11.3. The first kappa shape index (κ1) is 20.8. The van der Waals surface area contributed by atoms with Crippen molar-refractivity contribution < 1.29 is 19.7 Å². The van der Waals surface area contributed by atoms with Crippen LogP contribution in [0.1, 0.15) is 65.8 Å². The fraction of sp³-hybridized carbons (Fsp3) is 0.435. The van der Waals surface area contributed by atoms with Gasteiger partial charge in [-0.3, -0.25) is 4.79 Å². The number of carbonyl (C=O) groups is 1. The largest absolute Gasteiger partial charge is 0.507 e. The molecule has 4 heteroatoms. The molecule has 4 nitrogen and oxygen atoms in total. The van der Waals surface area contributed by atoms with Crippen LogP contribution >= 0.6 is 0 Å². The number of rotatable bonds is 8. The van der Waals surface area contributed by atoms with Gasteiger partial charge in [0.05, 0.1) is 7.11 Å². The SMILES string of the molecule is COC(=O)CCCCCC(c1ccccc1)c1c(C)c(O)c(C)c(C)c1O. The number of phenols is 2. The summed E-state index contributed by atoms with van der Waals surface area (Å²) in [5.41, 5.74) is 4.10.